The fraction of sp³-hybridized carbons (Fsp3) is 0.673. The van der Waals surface area contributed by atoms with E-state index in [1.165, 1.54) is 103 Å². The molecule has 0 heterocycles. The Hall–Kier alpha value is -3.18. The summed E-state index contributed by atoms with van der Waals surface area (Å²) in [6, 6.07) is 0. The summed E-state index contributed by atoms with van der Waals surface area (Å²) in [6.07, 6.45) is 70.6. The highest BCUT2D eigenvalue weighted by molar-refractivity contribution is 5.70. The molecule has 0 fully saturated rings. The van der Waals surface area contributed by atoms with Gasteiger partial charge >= 0.3 is 11.9 Å². The second kappa shape index (κ2) is 50.2. The SMILES string of the molecule is CC/C=C\C/C=C\C/C=C\C/C=C\C/C=C\C/C=C\CCCCCCCCCCCCC(=O)OC(CO)COC(=O)CCCCCCCCC/C=C\C/C=C\CCCCC. The zero-order chi connectivity index (χ0) is 43.5. The van der Waals surface area contributed by atoms with Crippen LogP contribution in [0.15, 0.2) is 97.2 Å². The van der Waals surface area contributed by atoms with E-state index in [1.807, 2.05) is 0 Å². The summed E-state index contributed by atoms with van der Waals surface area (Å²) >= 11 is 0. The summed E-state index contributed by atoms with van der Waals surface area (Å²) < 4.78 is 10.7. The number of carbonyl (C=O) groups is 2. The molecule has 0 aromatic heterocycles. The Morgan fingerprint density at radius 1 is 0.400 bits per heavy atom. The lowest BCUT2D eigenvalue weighted by Gasteiger charge is -2.15. The molecule has 342 valence electrons. The summed E-state index contributed by atoms with van der Waals surface area (Å²) in [5.74, 6) is -0.608. The third kappa shape index (κ3) is 47.5. The molecule has 0 saturated carbocycles. The van der Waals surface area contributed by atoms with Crippen LogP contribution >= 0.6 is 0 Å². The third-order valence-electron chi connectivity index (χ3n) is 10.4. The summed E-state index contributed by atoms with van der Waals surface area (Å²) in [5.41, 5.74) is 0. The summed E-state index contributed by atoms with van der Waals surface area (Å²) in [6.45, 7) is 3.99. The Kier molecular flexibility index (Phi) is 47.5. The Balaban J connectivity index is 3.57. The first-order valence-corrected chi connectivity index (χ1v) is 24.8. The number of rotatable bonds is 44. The Morgan fingerprint density at radius 3 is 1.08 bits per heavy atom. The number of carbonyl (C=O) groups excluding carboxylic acids is 2. The highest BCUT2D eigenvalue weighted by Crippen LogP contribution is 2.14. The average molecular weight is 833 g/mol. The zero-order valence-corrected chi connectivity index (χ0v) is 38.9. The van der Waals surface area contributed by atoms with Gasteiger partial charge < -0.3 is 14.6 Å². The van der Waals surface area contributed by atoms with Crippen molar-refractivity contribution in [3.63, 3.8) is 0 Å². The maximum absolute atomic E-state index is 12.3. The van der Waals surface area contributed by atoms with E-state index in [-0.39, 0.29) is 25.2 Å². The lowest BCUT2D eigenvalue weighted by molar-refractivity contribution is -0.161. The van der Waals surface area contributed by atoms with E-state index in [0.29, 0.717) is 12.8 Å². The van der Waals surface area contributed by atoms with Crippen LogP contribution in [0.3, 0.4) is 0 Å². The number of hydrogen-bond acceptors (Lipinski definition) is 5. The minimum atomic E-state index is -0.783. The van der Waals surface area contributed by atoms with Crippen LogP contribution < -0.4 is 0 Å². The molecule has 0 bridgehead atoms. The van der Waals surface area contributed by atoms with Crippen molar-refractivity contribution in [3.05, 3.63) is 97.2 Å². The van der Waals surface area contributed by atoms with Crippen molar-refractivity contribution in [3.8, 4) is 0 Å². The van der Waals surface area contributed by atoms with Crippen LogP contribution in [0.4, 0.5) is 0 Å². The second-order valence-corrected chi connectivity index (χ2v) is 16.2. The van der Waals surface area contributed by atoms with Crippen molar-refractivity contribution < 1.29 is 24.2 Å². The maximum atomic E-state index is 12.3. The standard InChI is InChI=1S/C55H92O5/c1-3-5-7-9-11-13-15-17-19-21-22-23-24-25-26-27-28-29-30-31-32-34-36-38-40-42-44-46-48-50-55(58)60-53(51-56)52-59-54(57)49-47-45-43-41-39-37-35-33-20-18-16-14-12-10-8-6-4-2/h5,7,11-14,17-20,22-23,25-26,28-29,53,56H,3-4,6,8-10,15-16,21,24,27,30-52H2,1-2H3/b7-5-,13-11-,14-12-,19-17-,20-18-,23-22-,26-25-,29-28-. The van der Waals surface area contributed by atoms with Gasteiger partial charge in [-0.1, -0.05) is 207 Å². The van der Waals surface area contributed by atoms with Gasteiger partial charge in [-0.3, -0.25) is 9.59 Å². The summed E-state index contributed by atoms with van der Waals surface area (Å²) in [4.78, 5) is 24.4. The number of esters is 2. The molecule has 0 aliphatic rings. The van der Waals surface area contributed by atoms with Gasteiger partial charge in [0.2, 0.25) is 0 Å². The van der Waals surface area contributed by atoms with Gasteiger partial charge in [0.05, 0.1) is 6.61 Å². The molecule has 0 aliphatic carbocycles. The van der Waals surface area contributed by atoms with Crippen molar-refractivity contribution in [2.45, 2.75) is 225 Å². The molecule has 0 aliphatic heterocycles. The van der Waals surface area contributed by atoms with E-state index in [1.54, 1.807) is 0 Å². The Morgan fingerprint density at radius 2 is 0.717 bits per heavy atom. The molecule has 0 aromatic carbocycles. The van der Waals surface area contributed by atoms with Gasteiger partial charge in [0.25, 0.3) is 0 Å². The van der Waals surface area contributed by atoms with E-state index in [2.05, 4.69) is 111 Å². The van der Waals surface area contributed by atoms with Crippen LogP contribution in [0, 0.1) is 0 Å². The minimum absolute atomic E-state index is 0.0761. The predicted octanol–water partition coefficient (Wildman–Crippen LogP) is 16.4. The molecule has 0 amide bonds. The molecule has 0 saturated heterocycles. The third-order valence-corrected chi connectivity index (χ3v) is 10.4. The van der Waals surface area contributed by atoms with Gasteiger partial charge in [0.15, 0.2) is 6.10 Å². The predicted molar refractivity (Wildman–Crippen MR) is 260 cm³/mol. The number of aliphatic hydroxyl groups excluding tert-OH is 1. The van der Waals surface area contributed by atoms with Crippen molar-refractivity contribution in [2.24, 2.45) is 0 Å². The first-order valence-electron chi connectivity index (χ1n) is 24.8. The molecule has 5 nitrogen and oxygen atoms in total. The summed E-state index contributed by atoms with van der Waals surface area (Å²) in [7, 11) is 0. The smallest absolute Gasteiger partial charge is 0.306 e. The minimum Gasteiger partial charge on any atom is -0.462 e. The van der Waals surface area contributed by atoms with Crippen molar-refractivity contribution in [1.29, 1.82) is 0 Å². The molecule has 1 N–H and O–H groups in total. The van der Waals surface area contributed by atoms with E-state index in [9.17, 15) is 14.7 Å². The Labute approximate surface area is 370 Å². The zero-order valence-electron chi connectivity index (χ0n) is 38.9. The summed E-state index contributed by atoms with van der Waals surface area (Å²) in [5, 5.41) is 9.62. The van der Waals surface area contributed by atoms with Gasteiger partial charge in [-0.15, -0.1) is 0 Å². The topological polar surface area (TPSA) is 72.8 Å². The lowest BCUT2D eigenvalue weighted by atomic mass is 10.0. The molecular weight excluding hydrogens is 741 g/mol. The fourth-order valence-electron chi connectivity index (χ4n) is 6.65. The molecule has 5 heteroatoms. The molecule has 60 heavy (non-hydrogen) atoms. The Bertz CT molecular complexity index is 1170. The van der Waals surface area contributed by atoms with Crippen molar-refractivity contribution in [2.75, 3.05) is 13.2 Å². The molecule has 1 atom stereocenters. The molecule has 0 radical (unpaired) electrons. The van der Waals surface area contributed by atoms with E-state index in [0.717, 1.165) is 89.9 Å². The normalized spacial score (nSPS) is 13.1. The number of unbranched alkanes of at least 4 members (excludes halogenated alkanes) is 20. The van der Waals surface area contributed by atoms with E-state index >= 15 is 0 Å². The second-order valence-electron chi connectivity index (χ2n) is 16.2. The fourth-order valence-corrected chi connectivity index (χ4v) is 6.65. The van der Waals surface area contributed by atoms with Gasteiger partial charge in [0, 0.05) is 12.8 Å². The van der Waals surface area contributed by atoms with Crippen LogP contribution in [0.1, 0.15) is 219 Å². The first kappa shape index (κ1) is 56.8. The van der Waals surface area contributed by atoms with Crippen molar-refractivity contribution >= 4 is 11.9 Å². The largest absolute Gasteiger partial charge is 0.462 e. The number of ether oxygens (including phenoxy) is 2. The number of aliphatic hydroxyl groups is 1. The van der Waals surface area contributed by atoms with Crippen LogP contribution in [0.2, 0.25) is 0 Å². The highest BCUT2D eigenvalue weighted by atomic mass is 16.6. The average Bonchev–Trinajstić information content (AvgIpc) is 3.25. The molecular formula is C55H92O5. The number of allylic oxidation sites excluding steroid dienone is 16. The number of hydrogen-bond donors (Lipinski definition) is 1. The lowest BCUT2D eigenvalue weighted by Crippen LogP contribution is -2.28. The molecule has 1 unspecified atom stereocenters. The maximum Gasteiger partial charge on any atom is 0.306 e. The van der Waals surface area contributed by atoms with Crippen molar-refractivity contribution in [1.82, 2.24) is 0 Å². The monoisotopic (exact) mass is 833 g/mol. The van der Waals surface area contributed by atoms with Gasteiger partial charge in [-0.2, -0.15) is 0 Å². The molecule has 0 aromatic rings. The van der Waals surface area contributed by atoms with E-state index in [4.69, 9.17) is 9.47 Å². The van der Waals surface area contributed by atoms with Crippen LogP contribution in [0.25, 0.3) is 0 Å². The van der Waals surface area contributed by atoms with E-state index < -0.39 is 6.10 Å². The molecule has 0 spiro atoms. The van der Waals surface area contributed by atoms with Gasteiger partial charge in [-0.25, -0.2) is 0 Å². The van der Waals surface area contributed by atoms with Crippen LogP contribution in [-0.4, -0.2) is 36.4 Å². The van der Waals surface area contributed by atoms with Gasteiger partial charge in [0.1, 0.15) is 6.61 Å². The first-order chi connectivity index (χ1) is 29.6. The highest BCUT2D eigenvalue weighted by Gasteiger charge is 2.16. The van der Waals surface area contributed by atoms with Gasteiger partial charge in [-0.05, 0) is 96.3 Å². The van der Waals surface area contributed by atoms with Crippen LogP contribution in [0.5, 0.6) is 0 Å². The molecule has 0 rings (SSSR count). The quantitative estimate of drug-likeness (QED) is 0.0376. The van der Waals surface area contributed by atoms with Crippen LogP contribution in [-0.2, 0) is 19.1 Å².